The molecule has 0 heterocycles. The zero-order chi connectivity index (χ0) is 16.1. The minimum absolute atomic E-state index is 0.622. The molecule has 0 unspecified atom stereocenters. The van der Waals surface area contributed by atoms with E-state index >= 15 is 0 Å². The van der Waals surface area contributed by atoms with E-state index in [2.05, 4.69) is 6.58 Å². The lowest BCUT2D eigenvalue weighted by atomic mass is 9.82. The normalized spacial score (nSPS) is 15.4. The first-order valence-electron chi connectivity index (χ1n) is 6.68. The van der Waals surface area contributed by atoms with Gasteiger partial charge in [-0.2, -0.15) is 5.26 Å². The van der Waals surface area contributed by atoms with Crippen LogP contribution in [-0.2, 0) is 14.3 Å². The lowest BCUT2D eigenvalue weighted by Crippen LogP contribution is -2.48. The van der Waals surface area contributed by atoms with Crippen LogP contribution in [0.3, 0.4) is 0 Å². The van der Waals surface area contributed by atoms with E-state index in [1.807, 2.05) is 36.4 Å². The summed E-state index contributed by atoms with van der Waals surface area (Å²) < 4.78 is 10.7. The summed E-state index contributed by atoms with van der Waals surface area (Å²) in [7, 11) is 1.33. The van der Waals surface area contributed by atoms with Crippen LogP contribution < -0.4 is 0 Å². The number of nitriles is 1. The van der Waals surface area contributed by atoms with E-state index in [0.717, 1.165) is 5.56 Å². The summed E-state index contributed by atoms with van der Waals surface area (Å²) >= 11 is 0. The molecular weight excluding hydrogens is 266 g/mol. The van der Waals surface area contributed by atoms with Gasteiger partial charge in [-0.3, -0.25) is 0 Å². The second-order valence-corrected chi connectivity index (χ2v) is 5.68. The van der Waals surface area contributed by atoms with Crippen molar-refractivity contribution in [3.05, 3.63) is 48.6 Å². The van der Waals surface area contributed by atoms with Crippen molar-refractivity contribution >= 4 is 5.97 Å². The van der Waals surface area contributed by atoms with Gasteiger partial charge in [-0.25, -0.2) is 4.79 Å². The highest BCUT2D eigenvalue weighted by molar-refractivity contribution is 5.85. The van der Waals surface area contributed by atoms with Crippen molar-refractivity contribution in [1.82, 2.24) is 0 Å². The van der Waals surface area contributed by atoms with E-state index in [9.17, 15) is 10.1 Å². The van der Waals surface area contributed by atoms with Crippen LogP contribution in [0.2, 0.25) is 0 Å². The van der Waals surface area contributed by atoms with E-state index in [0.29, 0.717) is 0 Å². The van der Waals surface area contributed by atoms with Crippen molar-refractivity contribution in [1.29, 1.82) is 5.26 Å². The van der Waals surface area contributed by atoms with Crippen LogP contribution >= 0.6 is 0 Å². The first kappa shape index (κ1) is 16.9. The Kier molecular flexibility index (Phi) is 5.28. The Morgan fingerprint density at radius 3 is 2.29 bits per heavy atom. The van der Waals surface area contributed by atoms with Gasteiger partial charge in [-0.15, -0.1) is 6.58 Å². The van der Waals surface area contributed by atoms with Crippen molar-refractivity contribution < 1.29 is 14.3 Å². The largest absolute Gasteiger partial charge is 0.457 e. The zero-order valence-electron chi connectivity index (χ0n) is 12.9. The number of carbonyl (C=O) groups excluding carboxylic acids is 1. The van der Waals surface area contributed by atoms with Gasteiger partial charge in [0.05, 0.1) is 5.92 Å². The molecule has 0 aromatic heterocycles. The first-order chi connectivity index (χ1) is 9.80. The second-order valence-electron chi connectivity index (χ2n) is 5.68. The van der Waals surface area contributed by atoms with E-state index < -0.39 is 23.1 Å². The highest BCUT2D eigenvalue weighted by Crippen LogP contribution is 2.34. The number of hydrogen-bond acceptors (Lipinski definition) is 4. The average Bonchev–Trinajstić information content (AvgIpc) is 2.43. The number of esters is 1. The molecule has 0 amide bonds. The van der Waals surface area contributed by atoms with Crippen molar-refractivity contribution in [2.24, 2.45) is 0 Å². The molecule has 4 heteroatoms. The van der Waals surface area contributed by atoms with Crippen molar-refractivity contribution in [2.75, 3.05) is 7.11 Å². The fraction of sp³-hybridized carbons (Fsp3) is 0.412. The molecule has 1 rings (SSSR count). The van der Waals surface area contributed by atoms with Gasteiger partial charge in [0.2, 0.25) is 0 Å². The Labute approximate surface area is 126 Å². The second kappa shape index (κ2) is 6.55. The van der Waals surface area contributed by atoms with Crippen molar-refractivity contribution in [3.63, 3.8) is 0 Å². The molecule has 0 saturated carbocycles. The molecule has 4 nitrogen and oxygen atoms in total. The molecule has 1 aromatic rings. The minimum Gasteiger partial charge on any atom is -0.457 e. The molecule has 0 spiro atoms. The Morgan fingerprint density at radius 1 is 1.33 bits per heavy atom. The maximum atomic E-state index is 12.5. The Morgan fingerprint density at radius 2 is 1.90 bits per heavy atom. The monoisotopic (exact) mass is 287 g/mol. The molecule has 0 saturated heterocycles. The number of nitrogens with zero attached hydrogens (tertiary/aromatic N) is 1. The van der Waals surface area contributed by atoms with Crippen LogP contribution in [-0.4, -0.2) is 24.3 Å². The molecule has 21 heavy (non-hydrogen) atoms. The quantitative estimate of drug-likeness (QED) is 0.616. The number of hydrogen-bond donors (Lipinski definition) is 0. The summed E-state index contributed by atoms with van der Waals surface area (Å²) in [6.07, 6.45) is 1.53. The molecule has 0 aliphatic heterocycles. The number of carbonyl (C=O) groups is 1. The standard InChI is InChI=1S/C17H21NO3/c1-6-14(13-10-8-7-9-11-13)17(12-18,20-5)15(19)21-16(2,3)4/h6-11,14H,1H2,2-5H3/t14-,17-/m0/s1. The summed E-state index contributed by atoms with van der Waals surface area (Å²) in [6, 6.07) is 11.1. The van der Waals surface area contributed by atoms with Crippen LogP contribution in [0.4, 0.5) is 0 Å². The zero-order valence-corrected chi connectivity index (χ0v) is 12.9. The predicted octanol–water partition coefficient (Wildman–Crippen LogP) is 3.21. The topological polar surface area (TPSA) is 59.3 Å². The summed E-state index contributed by atoms with van der Waals surface area (Å²) in [4.78, 5) is 12.5. The van der Waals surface area contributed by atoms with Crippen LogP contribution in [0.1, 0.15) is 32.3 Å². The maximum Gasteiger partial charge on any atom is 0.354 e. The van der Waals surface area contributed by atoms with Gasteiger partial charge in [0.25, 0.3) is 5.60 Å². The highest BCUT2D eigenvalue weighted by Gasteiger charge is 2.49. The van der Waals surface area contributed by atoms with Crippen molar-refractivity contribution in [2.45, 2.75) is 37.9 Å². The average molecular weight is 287 g/mol. The highest BCUT2D eigenvalue weighted by atomic mass is 16.6. The number of benzene rings is 1. The summed E-state index contributed by atoms with van der Waals surface area (Å²) in [5, 5.41) is 9.58. The van der Waals surface area contributed by atoms with E-state index in [4.69, 9.17) is 9.47 Å². The summed E-state index contributed by atoms with van der Waals surface area (Å²) in [5.41, 5.74) is -1.70. The smallest absolute Gasteiger partial charge is 0.354 e. The Hall–Kier alpha value is -2.12. The number of methoxy groups -OCH3 is 1. The molecule has 2 atom stereocenters. The molecule has 112 valence electrons. The molecule has 0 aliphatic rings. The molecule has 1 aromatic carbocycles. The van der Waals surface area contributed by atoms with Crippen LogP contribution in [0.25, 0.3) is 0 Å². The maximum absolute atomic E-state index is 12.5. The lowest BCUT2D eigenvalue weighted by Gasteiger charge is -2.32. The lowest BCUT2D eigenvalue weighted by molar-refractivity contribution is -0.175. The molecule has 0 radical (unpaired) electrons. The fourth-order valence-corrected chi connectivity index (χ4v) is 2.05. The molecule has 0 N–H and O–H groups in total. The third-order valence-corrected chi connectivity index (χ3v) is 3.02. The van der Waals surface area contributed by atoms with Crippen LogP contribution in [0.5, 0.6) is 0 Å². The fourth-order valence-electron chi connectivity index (χ4n) is 2.05. The predicted molar refractivity (Wildman–Crippen MR) is 80.6 cm³/mol. The number of ether oxygens (including phenoxy) is 2. The first-order valence-corrected chi connectivity index (χ1v) is 6.68. The molecular formula is C17H21NO3. The SMILES string of the molecule is C=C[C@@H](c1ccccc1)[C@](C#N)(OC)C(=O)OC(C)(C)C. The van der Waals surface area contributed by atoms with Gasteiger partial charge in [-0.05, 0) is 26.3 Å². The third-order valence-electron chi connectivity index (χ3n) is 3.02. The van der Waals surface area contributed by atoms with Crippen LogP contribution in [0.15, 0.2) is 43.0 Å². The minimum atomic E-state index is -1.75. The molecule has 0 bridgehead atoms. The van der Waals surface area contributed by atoms with E-state index in [1.54, 1.807) is 20.8 Å². The molecule has 0 aliphatic carbocycles. The van der Waals surface area contributed by atoms with Crippen molar-refractivity contribution in [3.8, 4) is 6.07 Å². The van der Waals surface area contributed by atoms with Gasteiger partial charge in [-0.1, -0.05) is 36.4 Å². The Bertz CT molecular complexity index is 539. The summed E-state index contributed by atoms with van der Waals surface area (Å²) in [5.74, 6) is -1.34. The van der Waals surface area contributed by atoms with Gasteiger partial charge in [0.1, 0.15) is 11.7 Å². The Balaban J connectivity index is 3.29. The van der Waals surface area contributed by atoms with Gasteiger partial charge >= 0.3 is 5.97 Å². The van der Waals surface area contributed by atoms with Gasteiger partial charge in [0, 0.05) is 7.11 Å². The summed E-state index contributed by atoms with van der Waals surface area (Å²) in [6.45, 7) is 8.97. The van der Waals surface area contributed by atoms with E-state index in [-0.39, 0.29) is 0 Å². The number of rotatable bonds is 5. The van der Waals surface area contributed by atoms with Gasteiger partial charge < -0.3 is 9.47 Å². The van der Waals surface area contributed by atoms with E-state index in [1.165, 1.54) is 13.2 Å². The molecule has 0 fully saturated rings. The van der Waals surface area contributed by atoms with Crippen LogP contribution in [0, 0.1) is 11.3 Å². The van der Waals surface area contributed by atoms with Gasteiger partial charge in [0.15, 0.2) is 0 Å². The third kappa shape index (κ3) is 3.71.